The van der Waals surface area contributed by atoms with Crippen LogP contribution in [0.2, 0.25) is 0 Å². The maximum atomic E-state index is 5.72. The van der Waals surface area contributed by atoms with Crippen LogP contribution in [0.4, 0.5) is 0 Å². The molecule has 2 rings (SSSR count). The molecule has 1 aromatic heterocycles. The maximum absolute atomic E-state index is 5.72. The number of nitrogens with one attached hydrogen (secondary N) is 1. The van der Waals surface area contributed by atoms with E-state index in [2.05, 4.69) is 23.5 Å². The van der Waals surface area contributed by atoms with Crippen molar-refractivity contribution in [3.05, 3.63) is 17.5 Å². The van der Waals surface area contributed by atoms with Gasteiger partial charge in [0.1, 0.15) is 0 Å². The average Bonchev–Trinajstić information content (AvgIpc) is 2.82. The summed E-state index contributed by atoms with van der Waals surface area (Å²) in [5.41, 5.74) is 5.36. The van der Waals surface area contributed by atoms with Gasteiger partial charge < -0.3 is 0 Å². The zero-order valence-electron chi connectivity index (χ0n) is 11.1. The van der Waals surface area contributed by atoms with Crippen molar-refractivity contribution in [2.24, 2.45) is 24.7 Å². The Morgan fingerprint density at radius 3 is 2.82 bits per heavy atom. The van der Waals surface area contributed by atoms with Gasteiger partial charge >= 0.3 is 0 Å². The van der Waals surface area contributed by atoms with Crippen LogP contribution in [-0.4, -0.2) is 15.8 Å². The van der Waals surface area contributed by atoms with Crippen molar-refractivity contribution in [3.63, 3.8) is 0 Å². The minimum Gasteiger partial charge on any atom is -0.272 e. The van der Waals surface area contributed by atoms with Crippen molar-refractivity contribution in [2.75, 3.05) is 0 Å². The molecule has 0 bridgehead atoms. The number of nitrogens with two attached hydrogens (primary N) is 1. The molecule has 0 saturated heterocycles. The lowest BCUT2D eigenvalue weighted by Gasteiger charge is -2.22. The van der Waals surface area contributed by atoms with Crippen LogP contribution in [0.3, 0.4) is 0 Å². The van der Waals surface area contributed by atoms with E-state index < -0.39 is 0 Å². The Labute approximate surface area is 104 Å². The largest absolute Gasteiger partial charge is 0.272 e. The Bertz CT molecular complexity index is 371. The molecule has 17 heavy (non-hydrogen) atoms. The van der Waals surface area contributed by atoms with E-state index in [9.17, 15) is 0 Å². The molecule has 3 N–H and O–H groups in total. The molecule has 1 aliphatic rings. The van der Waals surface area contributed by atoms with E-state index in [1.807, 2.05) is 18.7 Å². The molecule has 1 aliphatic carbocycles. The second-order valence-corrected chi connectivity index (χ2v) is 5.56. The monoisotopic (exact) mass is 236 g/mol. The summed E-state index contributed by atoms with van der Waals surface area (Å²) < 4.78 is 1.97. The first-order valence-electron chi connectivity index (χ1n) is 6.55. The summed E-state index contributed by atoms with van der Waals surface area (Å²) in [5.74, 6) is 7.29. The van der Waals surface area contributed by atoms with Crippen LogP contribution in [0, 0.1) is 18.8 Å². The molecule has 4 nitrogen and oxygen atoms in total. The molecule has 1 aromatic rings. The highest BCUT2D eigenvalue weighted by molar-refractivity contribution is 5.10. The zero-order chi connectivity index (χ0) is 12.4. The van der Waals surface area contributed by atoms with E-state index in [4.69, 9.17) is 5.84 Å². The van der Waals surface area contributed by atoms with Crippen molar-refractivity contribution in [3.8, 4) is 0 Å². The molecule has 1 fully saturated rings. The van der Waals surface area contributed by atoms with Crippen molar-refractivity contribution < 1.29 is 0 Å². The molecule has 1 heterocycles. The molecule has 0 radical (unpaired) electrons. The topological polar surface area (TPSA) is 55.9 Å². The Morgan fingerprint density at radius 2 is 2.35 bits per heavy atom. The second kappa shape index (κ2) is 5.19. The van der Waals surface area contributed by atoms with Gasteiger partial charge in [-0.3, -0.25) is 16.0 Å². The number of hydrogen-bond donors (Lipinski definition) is 2. The summed E-state index contributed by atoms with van der Waals surface area (Å²) in [5, 5.41) is 4.39. The van der Waals surface area contributed by atoms with Crippen molar-refractivity contribution in [1.29, 1.82) is 0 Å². The number of hydrogen-bond acceptors (Lipinski definition) is 3. The van der Waals surface area contributed by atoms with Gasteiger partial charge in [0.05, 0.1) is 5.69 Å². The minimum atomic E-state index is 0.384. The summed E-state index contributed by atoms with van der Waals surface area (Å²) in [7, 11) is 2.01. The van der Waals surface area contributed by atoms with E-state index in [-0.39, 0.29) is 0 Å². The molecule has 0 aromatic carbocycles. The summed E-state index contributed by atoms with van der Waals surface area (Å²) in [6, 6.07) is 2.54. The normalized spacial score (nSPS) is 26.4. The summed E-state index contributed by atoms with van der Waals surface area (Å²) in [6.45, 7) is 4.37. The lowest BCUT2D eigenvalue weighted by Crippen LogP contribution is -2.42. The van der Waals surface area contributed by atoms with E-state index in [0.29, 0.717) is 12.0 Å². The van der Waals surface area contributed by atoms with Crippen LogP contribution < -0.4 is 11.3 Å². The summed E-state index contributed by atoms with van der Waals surface area (Å²) in [4.78, 5) is 0. The minimum absolute atomic E-state index is 0.384. The first-order chi connectivity index (χ1) is 8.10. The van der Waals surface area contributed by atoms with Crippen LogP contribution in [0.5, 0.6) is 0 Å². The maximum Gasteiger partial charge on any atom is 0.0596 e. The number of aryl methyl sites for hydroxylation is 2. The third kappa shape index (κ3) is 2.87. The number of aromatic nitrogens is 2. The fourth-order valence-electron chi connectivity index (χ4n) is 3.06. The molecule has 0 spiro atoms. The van der Waals surface area contributed by atoms with Crippen molar-refractivity contribution >= 4 is 0 Å². The number of rotatable bonds is 4. The number of hydrazine groups is 1. The molecular formula is C13H24N4. The highest BCUT2D eigenvalue weighted by Gasteiger charge is 2.28. The Hall–Kier alpha value is -0.870. The fourth-order valence-corrected chi connectivity index (χ4v) is 3.06. The van der Waals surface area contributed by atoms with Gasteiger partial charge in [-0.1, -0.05) is 13.3 Å². The van der Waals surface area contributed by atoms with Crippen molar-refractivity contribution in [1.82, 2.24) is 15.2 Å². The summed E-state index contributed by atoms with van der Waals surface area (Å²) >= 11 is 0. The van der Waals surface area contributed by atoms with Crippen LogP contribution >= 0.6 is 0 Å². The molecule has 3 unspecified atom stereocenters. The summed E-state index contributed by atoms with van der Waals surface area (Å²) in [6.07, 6.45) is 4.91. The van der Waals surface area contributed by atoms with Gasteiger partial charge in [-0.2, -0.15) is 5.10 Å². The molecule has 3 atom stereocenters. The van der Waals surface area contributed by atoms with E-state index in [0.717, 1.165) is 18.0 Å². The van der Waals surface area contributed by atoms with E-state index in [1.165, 1.54) is 25.0 Å². The van der Waals surface area contributed by atoms with Gasteiger partial charge in [-0.05, 0) is 37.7 Å². The van der Waals surface area contributed by atoms with Crippen LogP contribution in [0.25, 0.3) is 0 Å². The van der Waals surface area contributed by atoms with Gasteiger partial charge in [0.2, 0.25) is 0 Å². The van der Waals surface area contributed by atoms with E-state index >= 15 is 0 Å². The van der Waals surface area contributed by atoms with Crippen LogP contribution in [0.15, 0.2) is 6.07 Å². The first-order valence-corrected chi connectivity index (χ1v) is 6.55. The Balaban J connectivity index is 2.02. The van der Waals surface area contributed by atoms with Gasteiger partial charge in [0, 0.05) is 25.2 Å². The van der Waals surface area contributed by atoms with Crippen molar-refractivity contribution in [2.45, 2.75) is 45.6 Å². The standard InChI is InChI=1S/C13H24N4/c1-9-4-5-11(6-9)13(15-14)8-12-7-10(2)16-17(12)3/h7,9,11,13,15H,4-6,8,14H2,1-3H3. The Kier molecular flexibility index (Phi) is 3.84. The molecular weight excluding hydrogens is 212 g/mol. The van der Waals surface area contributed by atoms with Gasteiger partial charge in [0.25, 0.3) is 0 Å². The third-order valence-corrected chi connectivity index (χ3v) is 4.05. The fraction of sp³-hybridized carbons (Fsp3) is 0.769. The molecule has 1 saturated carbocycles. The zero-order valence-corrected chi connectivity index (χ0v) is 11.1. The second-order valence-electron chi connectivity index (χ2n) is 5.56. The predicted molar refractivity (Wildman–Crippen MR) is 69.3 cm³/mol. The predicted octanol–water partition coefficient (Wildman–Crippen LogP) is 1.54. The van der Waals surface area contributed by atoms with Gasteiger partial charge in [0.15, 0.2) is 0 Å². The number of nitrogens with zero attached hydrogens (tertiary/aromatic N) is 2. The molecule has 0 aliphatic heterocycles. The molecule has 0 amide bonds. The quantitative estimate of drug-likeness (QED) is 0.616. The van der Waals surface area contributed by atoms with E-state index in [1.54, 1.807) is 0 Å². The highest BCUT2D eigenvalue weighted by atomic mass is 15.3. The Morgan fingerprint density at radius 1 is 1.59 bits per heavy atom. The average molecular weight is 236 g/mol. The van der Waals surface area contributed by atoms with Gasteiger partial charge in [-0.25, -0.2) is 0 Å². The highest BCUT2D eigenvalue weighted by Crippen LogP contribution is 2.33. The molecule has 96 valence electrons. The first kappa shape index (κ1) is 12.6. The SMILES string of the molecule is Cc1cc(CC(NN)C2CCC(C)C2)n(C)n1. The van der Waals surface area contributed by atoms with Crippen LogP contribution in [0.1, 0.15) is 37.6 Å². The van der Waals surface area contributed by atoms with Gasteiger partial charge in [-0.15, -0.1) is 0 Å². The molecule has 4 heteroatoms. The smallest absolute Gasteiger partial charge is 0.0596 e. The van der Waals surface area contributed by atoms with Crippen LogP contribution in [-0.2, 0) is 13.5 Å². The third-order valence-electron chi connectivity index (χ3n) is 4.05. The lowest BCUT2D eigenvalue weighted by molar-refractivity contribution is 0.347. The lowest BCUT2D eigenvalue weighted by atomic mass is 9.93.